The van der Waals surface area contributed by atoms with Gasteiger partial charge in [-0.3, -0.25) is 9.69 Å². The van der Waals surface area contributed by atoms with Crippen LogP contribution in [0.2, 0.25) is 0 Å². The highest BCUT2D eigenvalue weighted by Crippen LogP contribution is 2.14. The fourth-order valence-electron chi connectivity index (χ4n) is 2.76. The Bertz CT molecular complexity index is 468. The number of hydrogen-bond acceptors (Lipinski definition) is 4. The lowest BCUT2D eigenvalue weighted by Crippen LogP contribution is -2.46. The van der Waals surface area contributed by atoms with Gasteiger partial charge in [0, 0.05) is 64.1 Å². The maximum atomic E-state index is 12.2. The minimum absolute atomic E-state index is 0.0166. The monoisotopic (exact) mass is 318 g/mol. The number of unbranched alkanes of at least 4 members (excludes halogenated alkanes) is 1. The van der Waals surface area contributed by atoms with Gasteiger partial charge in [-0.25, -0.2) is 0 Å². The summed E-state index contributed by atoms with van der Waals surface area (Å²) in [5.41, 5.74) is 1.90. The molecular weight excluding hydrogens is 288 g/mol. The third-order valence-electron chi connectivity index (χ3n) is 4.34. The van der Waals surface area contributed by atoms with Gasteiger partial charge in [0.25, 0.3) is 5.91 Å². The van der Waals surface area contributed by atoms with Gasteiger partial charge in [-0.1, -0.05) is 13.3 Å². The third-order valence-corrected chi connectivity index (χ3v) is 4.34. The van der Waals surface area contributed by atoms with E-state index in [4.69, 9.17) is 0 Å². The highest BCUT2D eigenvalue weighted by atomic mass is 16.1. The molecule has 1 aliphatic heterocycles. The topological polar surface area (TPSA) is 47.6 Å². The summed E-state index contributed by atoms with van der Waals surface area (Å²) in [6.07, 6.45) is 2.38. The zero-order valence-corrected chi connectivity index (χ0v) is 14.5. The molecule has 0 spiro atoms. The average molecular weight is 318 g/mol. The lowest BCUT2D eigenvalue weighted by atomic mass is 10.2. The van der Waals surface area contributed by atoms with Crippen molar-refractivity contribution in [2.24, 2.45) is 0 Å². The van der Waals surface area contributed by atoms with Gasteiger partial charge in [-0.2, -0.15) is 0 Å². The minimum atomic E-state index is 0.0166. The first-order chi connectivity index (χ1) is 11.2. The van der Waals surface area contributed by atoms with E-state index in [0.717, 1.165) is 50.5 Å². The van der Waals surface area contributed by atoms with Gasteiger partial charge < -0.3 is 15.5 Å². The summed E-state index contributed by atoms with van der Waals surface area (Å²) in [7, 11) is 2.10. The number of carbonyl (C=O) groups is 1. The molecule has 23 heavy (non-hydrogen) atoms. The molecule has 1 aliphatic rings. The maximum absolute atomic E-state index is 12.2. The molecule has 0 unspecified atom stereocenters. The fourth-order valence-corrected chi connectivity index (χ4v) is 2.76. The Morgan fingerprint density at radius 3 is 2.61 bits per heavy atom. The molecule has 1 aromatic carbocycles. The Balaban J connectivity index is 1.75. The van der Waals surface area contributed by atoms with Crippen molar-refractivity contribution in [2.75, 3.05) is 57.8 Å². The van der Waals surface area contributed by atoms with Crippen LogP contribution in [0.3, 0.4) is 0 Å². The fraction of sp³-hybridized carbons (Fsp3) is 0.611. The van der Waals surface area contributed by atoms with Gasteiger partial charge in [0.15, 0.2) is 0 Å². The predicted molar refractivity (Wildman–Crippen MR) is 96.3 cm³/mol. The molecule has 1 aromatic rings. The zero-order chi connectivity index (χ0) is 16.5. The molecule has 128 valence electrons. The van der Waals surface area contributed by atoms with E-state index >= 15 is 0 Å². The highest BCUT2D eigenvalue weighted by Gasteiger charge is 2.10. The molecule has 1 amide bonds. The van der Waals surface area contributed by atoms with Crippen molar-refractivity contribution in [2.45, 2.75) is 19.8 Å². The first-order valence-electron chi connectivity index (χ1n) is 8.73. The highest BCUT2D eigenvalue weighted by molar-refractivity contribution is 5.94. The van der Waals surface area contributed by atoms with E-state index in [9.17, 15) is 4.79 Å². The van der Waals surface area contributed by atoms with E-state index in [-0.39, 0.29) is 5.91 Å². The lowest BCUT2D eigenvalue weighted by molar-refractivity contribution is 0.0947. The summed E-state index contributed by atoms with van der Waals surface area (Å²) in [6.45, 7) is 9.09. The number of piperazine rings is 1. The Kier molecular flexibility index (Phi) is 7.36. The molecule has 5 nitrogen and oxygen atoms in total. The van der Waals surface area contributed by atoms with Crippen molar-refractivity contribution >= 4 is 11.6 Å². The van der Waals surface area contributed by atoms with Gasteiger partial charge in [0.2, 0.25) is 0 Å². The van der Waals surface area contributed by atoms with E-state index in [1.165, 1.54) is 12.8 Å². The maximum Gasteiger partial charge on any atom is 0.251 e. The van der Waals surface area contributed by atoms with Crippen LogP contribution in [0.25, 0.3) is 0 Å². The second-order valence-electron chi connectivity index (χ2n) is 6.17. The van der Waals surface area contributed by atoms with Crippen LogP contribution in [0.5, 0.6) is 0 Å². The average Bonchev–Trinajstić information content (AvgIpc) is 2.60. The first-order valence-corrected chi connectivity index (χ1v) is 8.73. The summed E-state index contributed by atoms with van der Waals surface area (Å²) >= 11 is 0. The molecule has 1 fully saturated rings. The number of hydrogen-bond donors (Lipinski definition) is 2. The molecule has 2 N–H and O–H groups in total. The predicted octanol–water partition coefficient (Wildman–Crippen LogP) is 1.56. The number of carbonyl (C=O) groups excluding carboxylic acids is 1. The Labute approximate surface area is 140 Å². The van der Waals surface area contributed by atoms with Crippen LogP contribution in [-0.2, 0) is 0 Å². The van der Waals surface area contributed by atoms with Gasteiger partial charge in [-0.05, 0) is 30.7 Å². The van der Waals surface area contributed by atoms with E-state index in [0.29, 0.717) is 6.54 Å². The second-order valence-corrected chi connectivity index (χ2v) is 6.17. The Morgan fingerprint density at radius 1 is 1.26 bits per heavy atom. The van der Waals surface area contributed by atoms with E-state index < -0.39 is 0 Å². The normalized spacial score (nSPS) is 15.4. The third kappa shape index (κ3) is 5.84. The largest absolute Gasteiger partial charge is 0.375 e. The molecule has 2 rings (SSSR count). The Hall–Kier alpha value is -1.59. The van der Waals surface area contributed by atoms with Crippen LogP contribution in [0.15, 0.2) is 24.3 Å². The van der Waals surface area contributed by atoms with Crippen molar-refractivity contribution in [1.29, 1.82) is 0 Å². The summed E-state index contributed by atoms with van der Waals surface area (Å²) in [6, 6.07) is 7.89. The molecule has 0 bridgehead atoms. The smallest absolute Gasteiger partial charge is 0.251 e. The van der Waals surface area contributed by atoms with E-state index in [1.54, 1.807) is 0 Å². The molecule has 0 radical (unpaired) electrons. The molecule has 0 saturated carbocycles. The van der Waals surface area contributed by atoms with Crippen LogP contribution in [-0.4, -0.2) is 63.7 Å². The second kappa shape index (κ2) is 9.53. The number of amides is 1. The molecule has 1 saturated heterocycles. The molecule has 1 heterocycles. The number of rotatable bonds is 8. The quantitative estimate of drug-likeness (QED) is 0.764. The van der Waals surface area contributed by atoms with Crippen molar-refractivity contribution < 1.29 is 4.79 Å². The SMILES string of the molecule is CCCCN(C)c1ccc(C(=O)NCCN2CCNCC2)cc1. The van der Waals surface area contributed by atoms with Crippen LogP contribution in [0, 0.1) is 0 Å². The van der Waals surface area contributed by atoms with E-state index in [2.05, 4.69) is 34.4 Å². The minimum Gasteiger partial charge on any atom is -0.375 e. The standard InChI is InChI=1S/C18H30N4O/c1-3-4-12-21(2)17-7-5-16(6-8-17)18(23)20-11-15-22-13-9-19-10-14-22/h5-8,19H,3-4,9-15H2,1-2H3,(H,20,23). The molecule has 5 heteroatoms. The van der Waals surface area contributed by atoms with Crippen molar-refractivity contribution in [3.05, 3.63) is 29.8 Å². The van der Waals surface area contributed by atoms with Gasteiger partial charge in [0.1, 0.15) is 0 Å². The molecule has 0 aromatic heterocycles. The molecule has 0 aliphatic carbocycles. The number of anilines is 1. The first kappa shape index (κ1) is 17.8. The van der Waals surface area contributed by atoms with Crippen LogP contribution < -0.4 is 15.5 Å². The summed E-state index contributed by atoms with van der Waals surface area (Å²) in [4.78, 5) is 16.8. The van der Waals surface area contributed by atoms with Crippen molar-refractivity contribution in [3.8, 4) is 0 Å². The van der Waals surface area contributed by atoms with Crippen LogP contribution >= 0.6 is 0 Å². The summed E-state index contributed by atoms with van der Waals surface area (Å²) in [5.74, 6) is 0.0166. The summed E-state index contributed by atoms with van der Waals surface area (Å²) < 4.78 is 0. The van der Waals surface area contributed by atoms with Gasteiger partial charge >= 0.3 is 0 Å². The van der Waals surface area contributed by atoms with Crippen LogP contribution in [0.4, 0.5) is 5.69 Å². The Morgan fingerprint density at radius 2 is 1.96 bits per heavy atom. The zero-order valence-electron chi connectivity index (χ0n) is 14.5. The number of nitrogens with one attached hydrogen (secondary N) is 2. The van der Waals surface area contributed by atoms with Gasteiger partial charge in [-0.15, -0.1) is 0 Å². The molecule has 0 atom stereocenters. The van der Waals surface area contributed by atoms with Gasteiger partial charge in [0.05, 0.1) is 0 Å². The number of benzene rings is 1. The lowest BCUT2D eigenvalue weighted by Gasteiger charge is -2.27. The van der Waals surface area contributed by atoms with Crippen molar-refractivity contribution in [1.82, 2.24) is 15.5 Å². The van der Waals surface area contributed by atoms with E-state index in [1.807, 2.05) is 24.3 Å². The summed E-state index contributed by atoms with van der Waals surface area (Å²) in [5, 5.41) is 6.35. The number of nitrogens with zero attached hydrogens (tertiary/aromatic N) is 2. The van der Waals surface area contributed by atoms with Crippen LogP contribution in [0.1, 0.15) is 30.1 Å². The van der Waals surface area contributed by atoms with Crippen molar-refractivity contribution in [3.63, 3.8) is 0 Å². The molecular formula is C18H30N4O.